The van der Waals surface area contributed by atoms with Crippen molar-refractivity contribution in [1.29, 1.82) is 0 Å². The summed E-state index contributed by atoms with van der Waals surface area (Å²) in [6.07, 6.45) is -13.9. The molecule has 1 heterocycles. The Hall–Kier alpha value is -3.16. The zero-order valence-electron chi connectivity index (χ0n) is 16.7. The smallest absolute Gasteiger partial charge is 0.325 e. The monoisotopic (exact) mass is 513 g/mol. The summed E-state index contributed by atoms with van der Waals surface area (Å²) < 4.78 is 120. The van der Waals surface area contributed by atoms with Crippen LogP contribution >= 0.6 is 11.8 Å². The number of anilines is 2. The number of nitrogens with zero attached hydrogens (tertiary/aromatic N) is 2. The predicted octanol–water partition coefficient (Wildman–Crippen LogP) is 6.75. The maximum absolute atomic E-state index is 13.5. The first-order chi connectivity index (χ1) is 15.6. The number of nitrogens with one attached hydrogen (secondary N) is 1. The highest BCUT2D eigenvalue weighted by atomic mass is 32.2. The number of rotatable bonds is 4. The average molecular weight is 513 g/mol. The van der Waals surface area contributed by atoms with E-state index >= 15 is 0 Å². The first-order valence-electron chi connectivity index (χ1n) is 9.02. The van der Waals surface area contributed by atoms with Gasteiger partial charge in [0.05, 0.1) is 22.5 Å². The third-order valence-corrected chi connectivity index (χ3v) is 5.14. The molecule has 0 aliphatic carbocycles. The lowest BCUT2D eigenvalue weighted by Crippen LogP contribution is -2.26. The van der Waals surface area contributed by atoms with Crippen molar-refractivity contribution in [3.63, 3.8) is 0 Å². The lowest BCUT2D eigenvalue weighted by molar-refractivity contribution is -0.143. The molecule has 1 aromatic heterocycles. The minimum atomic E-state index is -5.31. The van der Waals surface area contributed by atoms with Crippen LogP contribution in [0.4, 0.5) is 51.1 Å². The van der Waals surface area contributed by atoms with E-state index in [1.165, 1.54) is 30.0 Å². The van der Waals surface area contributed by atoms with E-state index in [0.717, 1.165) is 0 Å². The molecule has 4 nitrogen and oxygen atoms in total. The van der Waals surface area contributed by atoms with Gasteiger partial charge in [-0.05, 0) is 42.7 Å². The van der Waals surface area contributed by atoms with Crippen molar-refractivity contribution in [2.45, 2.75) is 23.4 Å². The molecule has 182 valence electrons. The quantitative estimate of drug-likeness (QED) is 0.310. The van der Waals surface area contributed by atoms with Gasteiger partial charge in [-0.25, -0.2) is 9.55 Å². The van der Waals surface area contributed by atoms with Crippen molar-refractivity contribution in [3.05, 3.63) is 75.7 Å². The molecule has 0 unspecified atom stereocenters. The fraction of sp³-hybridized carbons (Fsp3) is 0.200. The van der Waals surface area contributed by atoms with Crippen molar-refractivity contribution in [2.75, 3.05) is 11.6 Å². The van der Waals surface area contributed by atoms with E-state index in [-0.39, 0.29) is 17.8 Å². The Balaban J connectivity index is 2.27. The van der Waals surface area contributed by atoms with E-state index in [1.54, 1.807) is 12.3 Å². The Bertz CT molecular complexity index is 1260. The molecule has 0 fully saturated rings. The molecule has 3 rings (SSSR count). The van der Waals surface area contributed by atoms with E-state index in [0.29, 0.717) is 21.6 Å². The number of halogens is 9. The molecule has 1 N–H and O–H groups in total. The molecule has 0 aliphatic rings. The van der Waals surface area contributed by atoms with Crippen LogP contribution in [0.25, 0.3) is 5.69 Å². The molecule has 34 heavy (non-hydrogen) atoms. The number of hydrogen-bond acceptors (Lipinski definition) is 4. The van der Waals surface area contributed by atoms with Crippen LogP contribution in [0.15, 0.2) is 58.2 Å². The summed E-state index contributed by atoms with van der Waals surface area (Å²) >= 11 is 1.22. The summed E-state index contributed by atoms with van der Waals surface area (Å²) in [5.41, 5.74) is -7.45. The molecule has 3 aromatic rings. The molecular formula is C20H12F9N3OS. The fourth-order valence-electron chi connectivity index (χ4n) is 2.89. The van der Waals surface area contributed by atoms with Crippen LogP contribution in [-0.4, -0.2) is 15.8 Å². The van der Waals surface area contributed by atoms with Gasteiger partial charge in [0, 0.05) is 11.0 Å². The maximum atomic E-state index is 13.5. The highest BCUT2D eigenvalue weighted by molar-refractivity contribution is 7.98. The maximum Gasteiger partial charge on any atom is 0.433 e. The summed E-state index contributed by atoms with van der Waals surface area (Å²) in [5, 5.41) is 1.97. The van der Waals surface area contributed by atoms with Gasteiger partial charge in [-0.1, -0.05) is 6.07 Å². The van der Waals surface area contributed by atoms with E-state index < -0.39 is 52.5 Å². The van der Waals surface area contributed by atoms with Crippen LogP contribution in [0.2, 0.25) is 0 Å². The van der Waals surface area contributed by atoms with Gasteiger partial charge in [0.25, 0.3) is 5.56 Å². The number of hydrogen-bond donors (Lipinski definition) is 1. The van der Waals surface area contributed by atoms with E-state index in [4.69, 9.17) is 0 Å². The minimum Gasteiger partial charge on any atom is -0.325 e. The fourth-order valence-corrected chi connectivity index (χ4v) is 3.35. The van der Waals surface area contributed by atoms with Crippen molar-refractivity contribution < 1.29 is 39.5 Å². The van der Waals surface area contributed by atoms with Crippen LogP contribution in [-0.2, 0) is 18.5 Å². The predicted molar refractivity (Wildman–Crippen MR) is 106 cm³/mol. The number of benzene rings is 2. The normalized spacial score (nSPS) is 12.6. The number of thioether (sulfide) groups is 1. The van der Waals surface area contributed by atoms with Crippen molar-refractivity contribution >= 4 is 23.4 Å². The summed E-state index contributed by atoms with van der Waals surface area (Å²) in [7, 11) is 0. The molecule has 0 atom stereocenters. The molecule has 0 spiro atoms. The Morgan fingerprint density at radius 3 is 2.09 bits per heavy atom. The first kappa shape index (κ1) is 25.5. The van der Waals surface area contributed by atoms with Gasteiger partial charge in [0.2, 0.25) is 5.95 Å². The third-order valence-electron chi connectivity index (χ3n) is 4.42. The van der Waals surface area contributed by atoms with Crippen LogP contribution in [0, 0.1) is 0 Å². The van der Waals surface area contributed by atoms with Gasteiger partial charge >= 0.3 is 18.5 Å². The van der Waals surface area contributed by atoms with Crippen molar-refractivity contribution in [3.8, 4) is 5.69 Å². The highest BCUT2D eigenvalue weighted by Crippen LogP contribution is 2.40. The van der Waals surface area contributed by atoms with Crippen LogP contribution in [0.1, 0.15) is 16.8 Å². The standard InChI is InChI=1S/C20H12F9N3OS/c1-34-12-4-2-3-11(8-12)32-16(33)9-15(20(27,28)29)31-17(32)30-14-6-5-10(18(21,22)23)7-13(14)19(24,25)26/h2-9H,1H3,(H,30,31). The summed E-state index contributed by atoms with van der Waals surface area (Å²) in [6.45, 7) is 0. The lowest BCUT2D eigenvalue weighted by atomic mass is 10.1. The summed E-state index contributed by atoms with van der Waals surface area (Å²) in [5.74, 6) is -0.969. The average Bonchev–Trinajstić information content (AvgIpc) is 2.71. The van der Waals surface area contributed by atoms with Gasteiger partial charge in [-0.15, -0.1) is 11.8 Å². The largest absolute Gasteiger partial charge is 0.433 e. The molecule has 0 radical (unpaired) electrons. The molecule has 0 aliphatic heterocycles. The molecule has 0 bridgehead atoms. The Morgan fingerprint density at radius 1 is 0.853 bits per heavy atom. The molecular weight excluding hydrogens is 501 g/mol. The zero-order chi connectivity index (χ0) is 25.5. The van der Waals surface area contributed by atoms with Gasteiger partial charge in [0.1, 0.15) is 0 Å². The molecule has 14 heteroatoms. The Labute approximate surface area is 189 Å². The highest BCUT2D eigenvalue weighted by Gasteiger charge is 2.39. The first-order valence-corrected chi connectivity index (χ1v) is 10.2. The van der Waals surface area contributed by atoms with E-state index in [9.17, 15) is 44.3 Å². The topological polar surface area (TPSA) is 46.9 Å². The van der Waals surface area contributed by atoms with Crippen molar-refractivity contribution in [1.82, 2.24) is 9.55 Å². The second kappa shape index (κ2) is 8.89. The molecule has 0 saturated heterocycles. The second-order valence-electron chi connectivity index (χ2n) is 6.72. The SMILES string of the molecule is CSc1cccc(-n2c(Nc3ccc(C(F)(F)F)cc3C(F)(F)F)nc(C(F)(F)F)cc2=O)c1. The van der Waals surface area contributed by atoms with Crippen LogP contribution in [0.5, 0.6) is 0 Å². The third kappa shape index (κ3) is 5.48. The Kier molecular flexibility index (Phi) is 6.66. The van der Waals surface area contributed by atoms with Gasteiger partial charge in [-0.2, -0.15) is 39.5 Å². The molecule has 0 saturated carbocycles. The van der Waals surface area contributed by atoms with Gasteiger partial charge in [0.15, 0.2) is 5.69 Å². The van der Waals surface area contributed by atoms with Crippen LogP contribution < -0.4 is 10.9 Å². The summed E-state index contributed by atoms with van der Waals surface area (Å²) in [4.78, 5) is 16.4. The van der Waals surface area contributed by atoms with Crippen molar-refractivity contribution in [2.24, 2.45) is 0 Å². The van der Waals surface area contributed by atoms with E-state index in [2.05, 4.69) is 4.98 Å². The summed E-state index contributed by atoms with van der Waals surface area (Å²) in [6, 6.07) is 6.45. The number of aromatic nitrogens is 2. The minimum absolute atomic E-state index is 0.0268. The zero-order valence-corrected chi connectivity index (χ0v) is 17.5. The van der Waals surface area contributed by atoms with E-state index in [1.807, 2.05) is 5.32 Å². The second-order valence-corrected chi connectivity index (χ2v) is 7.60. The molecule has 2 aromatic carbocycles. The van der Waals surface area contributed by atoms with Crippen LogP contribution in [0.3, 0.4) is 0 Å². The lowest BCUT2D eigenvalue weighted by Gasteiger charge is -2.20. The van der Waals surface area contributed by atoms with Gasteiger partial charge < -0.3 is 5.32 Å². The van der Waals surface area contributed by atoms with Gasteiger partial charge in [-0.3, -0.25) is 4.79 Å². The molecule has 0 amide bonds. The Morgan fingerprint density at radius 2 is 1.53 bits per heavy atom. The number of alkyl halides is 9.